The Labute approximate surface area is 125 Å². The summed E-state index contributed by atoms with van der Waals surface area (Å²) < 4.78 is 0. The molecule has 1 unspecified atom stereocenters. The molecule has 0 heterocycles. The lowest BCUT2D eigenvalue weighted by atomic mass is 9.97. The third-order valence-corrected chi connectivity index (χ3v) is 3.44. The summed E-state index contributed by atoms with van der Waals surface area (Å²) >= 11 is 6.08. The van der Waals surface area contributed by atoms with Gasteiger partial charge in [-0.3, -0.25) is 4.79 Å². The van der Waals surface area contributed by atoms with Crippen molar-refractivity contribution >= 4 is 23.2 Å². The molecular formula is C16H20ClNO2. The minimum absolute atomic E-state index is 0.0378. The zero-order valence-electron chi connectivity index (χ0n) is 12.0. The van der Waals surface area contributed by atoms with Crippen molar-refractivity contribution in [1.29, 1.82) is 0 Å². The number of benzene rings is 1. The van der Waals surface area contributed by atoms with E-state index in [1.54, 1.807) is 18.2 Å². The Morgan fingerprint density at radius 3 is 2.70 bits per heavy atom. The van der Waals surface area contributed by atoms with Crippen LogP contribution in [0.4, 0.5) is 5.69 Å². The molecule has 0 spiro atoms. The van der Waals surface area contributed by atoms with Crippen molar-refractivity contribution in [3.8, 4) is 11.8 Å². The lowest BCUT2D eigenvalue weighted by molar-refractivity contribution is -0.120. The fourth-order valence-electron chi connectivity index (χ4n) is 1.47. The topological polar surface area (TPSA) is 49.3 Å². The predicted molar refractivity (Wildman–Crippen MR) is 82.7 cm³/mol. The van der Waals surface area contributed by atoms with Gasteiger partial charge < -0.3 is 10.4 Å². The second kappa shape index (κ2) is 7.94. The van der Waals surface area contributed by atoms with Crippen LogP contribution in [0.5, 0.6) is 0 Å². The quantitative estimate of drug-likeness (QED) is 0.837. The molecule has 1 aromatic rings. The van der Waals surface area contributed by atoms with Crippen molar-refractivity contribution in [2.75, 3.05) is 11.9 Å². The minimum Gasteiger partial charge on any atom is -0.395 e. The molecule has 0 bridgehead atoms. The highest BCUT2D eigenvalue weighted by Crippen LogP contribution is 2.24. The van der Waals surface area contributed by atoms with E-state index in [1.807, 2.05) is 20.8 Å². The van der Waals surface area contributed by atoms with Gasteiger partial charge in [0.25, 0.3) is 0 Å². The van der Waals surface area contributed by atoms with Crippen molar-refractivity contribution in [3.63, 3.8) is 0 Å². The van der Waals surface area contributed by atoms with Crippen LogP contribution in [-0.2, 0) is 4.79 Å². The summed E-state index contributed by atoms with van der Waals surface area (Å²) in [5.41, 5.74) is 1.33. The van der Waals surface area contributed by atoms with Crippen molar-refractivity contribution in [3.05, 3.63) is 28.8 Å². The molecule has 0 aliphatic heterocycles. The van der Waals surface area contributed by atoms with Crippen molar-refractivity contribution < 1.29 is 9.90 Å². The number of aliphatic hydroxyl groups is 1. The van der Waals surface area contributed by atoms with Crippen LogP contribution in [0.3, 0.4) is 0 Å². The van der Waals surface area contributed by atoms with Gasteiger partial charge in [-0.05, 0) is 24.1 Å². The zero-order chi connectivity index (χ0) is 15.1. The molecule has 108 valence electrons. The van der Waals surface area contributed by atoms with Crippen LogP contribution < -0.4 is 5.32 Å². The molecule has 2 N–H and O–H groups in total. The van der Waals surface area contributed by atoms with E-state index in [4.69, 9.17) is 16.7 Å². The second-order valence-electron chi connectivity index (χ2n) is 4.99. The van der Waals surface area contributed by atoms with Crippen LogP contribution >= 0.6 is 11.6 Å². The van der Waals surface area contributed by atoms with Gasteiger partial charge in [0.05, 0.1) is 17.3 Å². The van der Waals surface area contributed by atoms with E-state index in [0.29, 0.717) is 17.1 Å². The van der Waals surface area contributed by atoms with Crippen molar-refractivity contribution in [1.82, 2.24) is 0 Å². The third kappa shape index (κ3) is 4.88. The minimum atomic E-state index is -0.0878. The second-order valence-corrected chi connectivity index (χ2v) is 5.40. The number of amides is 1. The molecule has 1 atom stereocenters. The molecule has 0 aromatic heterocycles. The molecule has 1 rings (SSSR count). The molecular weight excluding hydrogens is 274 g/mol. The van der Waals surface area contributed by atoms with Crippen molar-refractivity contribution in [2.24, 2.45) is 11.8 Å². The molecule has 0 radical (unpaired) electrons. The first-order valence-corrected chi connectivity index (χ1v) is 7.03. The number of carbonyl (C=O) groups excluding carboxylic acids is 1. The van der Waals surface area contributed by atoms with Gasteiger partial charge in [-0.25, -0.2) is 0 Å². The van der Waals surface area contributed by atoms with Crippen LogP contribution in [0.1, 0.15) is 32.8 Å². The van der Waals surface area contributed by atoms with Crippen LogP contribution in [0.2, 0.25) is 5.02 Å². The molecule has 3 nitrogen and oxygen atoms in total. The summed E-state index contributed by atoms with van der Waals surface area (Å²) in [7, 11) is 0. The summed E-state index contributed by atoms with van der Waals surface area (Å²) in [5, 5.41) is 12.0. The van der Waals surface area contributed by atoms with Gasteiger partial charge in [0.1, 0.15) is 0 Å². The van der Waals surface area contributed by atoms with E-state index >= 15 is 0 Å². The Balaban J connectivity index is 2.87. The Hall–Kier alpha value is -1.50. The van der Waals surface area contributed by atoms with Crippen molar-refractivity contribution in [2.45, 2.75) is 27.2 Å². The monoisotopic (exact) mass is 293 g/mol. The summed E-state index contributed by atoms with van der Waals surface area (Å²) in [4.78, 5) is 12.0. The van der Waals surface area contributed by atoms with Gasteiger partial charge in [0.2, 0.25) is 5.91 Å². The van der Waals surface area contributed by atoms with E-state index in [2.05, 4.69) is 17.2 Å². The number of hydrogen-bond acceptors (Lipinski definition) is 2. The SMILES string of the molecule is CC(C)C(C)C(=O)Nc1cc(C#CCCO)ccc1Cl. The van der Waals surface area contributed by atoms with E-state index in [0.717, 1.165) is 5.56 Å². The van der Waals surface area contributed by atoms with E-state index in [-0.39, 0.29) is 24.3 Å². The highest BCUT2D eigenvalue weighted by molar-refractivity contribution is 6.33. The summed E-state index contributed by atoms with van der Waals surface area (Å²) in [6.45, 7) is 5.93. The lowest BCUT2D eigenvalue weighted by Crippen LogP contribution is -2.24. The molecule has 0 aliphatic rings. The molecule has 4 heteroatoms. The van der Waals surface area contributed by atoms with Crippen LogP contribution in [0, 0.1) is 23.7 Å². The Bertz CT molecular complexity index is 529. The van der Waals surface area contributed by atoms with Gasteiger partial charge in [-0.1, -0.05) is 44.2 Å². The average molecular weight is 294 g/mol. The highest BCUT2D eigenvalue weighted by Gasteiger charge is 2.17. The van der Waals surface area contributed by atoms with E-state index in [1.165, 1.54) is 0 Å². The first-order valence-electron chi connectivity index (χ1n) is 6.65. The van der Waals surface area contributed by atoms with Gasteiger partial charge in [-0.2, -0.15) is 0 Å². The smallest absolute Gasteiger partial charge is 0.227 e. The van der Waals surface area contributed by atoms with Gasteiger partial charge in [0, 0.05) is 17.9 Å². The number of carbonyl (C=O) groups is 1. The third-order valence-electron chi connectivity index (χ3n) is 3.11. The summed E-state index contributed by atoms with van der Waals surface area (Å²) in [5.74, 6) is 5.88. The van der Waals surface area contributed by atoms with Crippen LogP contribution in [0.15, 0.2) is 18.2 Å². The standard InChI is InChI=1S/C16H20ClNO2/c1-11(2)12(3)16(20)18-15-10-13(6-4-5-9-19)7-8-14(15)17/h7-8,10-12,19H,5,9H2,1-3H3,(H,18,20). The number of halogens is 1. The lowest BCUT2D eigenvalue weighted by Gasteiger charge is -2.16. The van der Waals surface area contributed by atoms with Crippen LogP contribution in [-0.4, -0.2) is 17.6 Å². The molecule has 0 saturated heterocycles. The van der Waals surface area contributed by atoms with Crippen LogP contribution in [0.25, 0.3) is 0 Å². The Kier molecular flexibility index (Phi) is 6.57. The highest BCUT2D eigenvalue weighted by atomic mass is 35.5. The number of nitrogens with one attached hydrogen (secondary N) is 1. The molecule has 1 aromatic carbocycles. The van der Waals surface area contributed by atoms with E-state index < -0.39 is 0 Å². The molecule has 0 fully saturated rings. The fraction of sp³-hybridized carbons (Fsp3) is 0.438. The average Bonchev–Trinajstić information content (AvgIpc) is 2.41. The first-order chi connectivity index (χ1) is 9.45. The maximum atomic E-state index is 12.0. The Morgan fingerprint density at radius 1 is 1.40 bits per heavy atom. The summed E-state index contributed by atoms with van der Waals surface area (Å²) in [6, 6.07) is 5.24. The molecule has 1 amide bonds. The van der Waals surface area contributed by atoms with Gasteiger partial charge in [-0.15, -0.1) is 0 Å². The molecule has 20 heavy (non-hydrogen) atoms. The maximum Gasteiger partial charge on any atom is 0.227 e. The number of rotatable bonds is 4. The first kappa shape index (κ1) is 16.6. The van der Waals surface area contributed by atoms with Gasteiger partial charge in [0.15, 0.2) is 0 Å². The zero-order valence-corrected chi connectivity index (χ0v) is 12.8. The fourth-order valence-corrected chi connectivity index (χ4v) is 1.63. The normalized spacial score (nSPS) is 11.7. The predicted octanol–water partition coefficient (Wildman–Crippen LogP) is 3.30. The number of anilines is 1. The number of aliphatic hydroxyl groups excluding tert-OH is 1. The largest absolute Gasteiger partial charge is 0.395 e. The maximum absolute atomic E-state index is 12.0. The van der Waals surface area contributed by atoms with E-state index in [9.17, 15) is 4.79 Å². The number of hydrogen-bond donors (Lipinski definition) is 2. The Morgan fingerprint density at radius 2 is 2.10 bits per heavy atom. The van der Waals surface area contributed by atoms with Gasteiger partial charge >= 0.3 is 0 Å². The summed E-state index contributed by atoms with van der Waals surface area (Å²) in [6.07, 6.45) is 0.425. The molecule has 0 saturated carbocycles. The molecule has 0 aliphatic carbocycles.